The van der Waals surface area contributed by atoms with Gasteiger partial charge in [-0.25, -0.2) is 4.98 Å². The van der Waals surface area contributed by atoms with Crippen molar-refractivity contribution in [2.75, 3.05) is 23.3 Å². The molecule has 3 heteroatoms. The zero-order chi connectivity index (χ0) is 14.1. The zero-order valence-electron chi connectivity index (χ0n) is 12.6. The minimum absolute atomic E-state index is 0.653. The maximum atomic E-state index is 4.75. The quantitative estimate of drug-likeness (QED) is 0.890. The Kier molecular flexibility index (Phi) is 3.51. The molecule has 1 N–H and O–H groups in total. The Bertz CT molecular complexity index is 613. The summed E-state index contributed by atoms with van der Waals surface area (Å²) in [6.45, 7) is 8.53. The first-order valence-corrected chi connectivity index (χ1v) is 7.64. The van der Waals surface area contributed by atoms with Gasteiger partial charge in [-0.15, -0.1) is 0 Å². The zero-order valence-corrected chi connectivity index (χ0v) is 12.6. The van der Waals surface area contributed by atoms with E-state index in [4.69, 9.17) is 4.98 Å². The van der Waals surface area contributed by atoms with E-state index >= 15 is 0 Å². The molecule has 1 fully saturated rings. The third-order valence-electron chi connectivity index (χ3n) is 4.10. The van der Waals surface area contributed by atoms with Crippen LogP contribution < -0.4 is 10.2 Å². The first-order valence-electron chi connectivity index (χ1n) is 7.64. The minimum Gasteiger partial charge on any atom is -0.381 e. The van der Waals surface area contributed by atoms with Crippen LogP contribution in [0.5, 0.6) is 0 Å². The van der Waals surface area contributed by atoms with Crippen molar-refractivity contribution in [1.82, 2.24) is 4.98 Å². The van der Waals surface area contributed by atoms with Gasteiger partial charge in [-0.3, -0.25) is 0 Å². The number of anilines is 2. The van der Waals surface area contributed by atoms with Gasteiger partial charge in [-0.2, -0.15) is 0 Å². The number of benzene rings is 1. The van der Waals surface area contributed by atoms with E-state index in [-0.39, 0.29) is 0 Å². The van der Waals surface area contributed by atoms with Crippen molar-refractivity contribution in [3.63, 3.8) is 0 Å². The number of aryl methyl sites for hydroxylation is 1. The van der Waals surface area contributed by atoms with Gasteiger partial charge < -0.3 is 10.2 Å². The summed E-state index contributed by atoms with van der Waals surface area (Å²) in [5.74, 6) is 1.12. The molecule has 1 aromatic heterocycles. The molecular weight excluding hydrogens is 246 g/mol. The van der Waals surface area contributed by atoms with Gasteiger partial charge in [-0.05, 0) is 39.2 Å². The summed E-state index contributed by atoms with van der Waals surface area (Å²) >= 11 is 0. The number of hydrogen-bond acceptors (Lipinski definition) is 3. The topological polar surface area (TPSA) is 28.2 Å². The smallest absolute Gasteiger partial charge is 0.136 e. The largest absolute Gasteiger partial charge is 0.381 e. The van der Waals surface area contributed by atoms with Crippen molar-refractivity contribution >= 4 is 22.3 Å². The van der Waals surface area contributed by atoms with E-state index in [1.807, 2.05) is 6.20 Å². The van der Waals surface area contributed by atoms with E-state index in [1.165, 1.54) is 34.9 Å². The number of fused-ring (bicyclic) bond motifs is 1. The predicted molar refractivity (Wildman–Crippen MR) is 86.7 cm³/mol. The summed E-state index contributed by atoms with van der Waals surface area (Å²) in [4.78, 5) is 7.08. The lowest BCUT2D eigenvalue weighted by molar-refractivity contribution is 0.851. The van der Waals surface area contributed by atoms with Crippen LogP contribution in [0.4, 0.5) is 11.5 Å². The van der Waals surface area contributed by atoms with Gasteiger partial charge in [0.1, 0.15) is 5.82 Å². The fourth-order valence-electron chi connectivity index (χ4n) is 2.77. The van der Waals surface area contributed by atoms with Crippen molar-refractivity contribution in [1.29, 1.82) is 0 Å². The van der Waals surface area contributed by atoms with Crippen LogP contribution in [-0.4, -0.2) is 24.1 Å². The van der Waals surface area contributed by atoms with Crippen LogP contribution in [0, 0.1) is 6.92 Å². The highest BCUT2D eigenvalue weighted by atomic mass is 15.2. The summed E-state index contributed by atoms with van der Waals surface area (Å²) in [5, 5.41) is 6.20. The minimum atomic E-state index is 0.653. The molecule has 2 aromatic rings. The summed E-state index contributed by atoms with van der Waals surface area (Å²) in [5.41, 5.74) is 2.48. The Morgan fingerprint density at radius 3 is 2.65 bits per heavy atom. The van der Waals surface area contributed by atoms with Gasteiger partial charge in [0, 0.05) is 29.9 Å². The second-order valence-electron chi connectivity index (χ2n) is 5.58. The molecule has 1 saturated carbocycles. The van der Waals surface area contributed by atoms with Crippen molar-refractivity contribution in [3.8, 4) is 0 Å². The lowest BCUT2D eigenvalue weighted by atomic mass is 10.0. The molecule has 3 rings (SSSR count). The molecule has 0 unspecified atom stereocenters. The van der Waals surface area contributed by atoms with E-state index < -0.39 is 0 Å². The second-order valence-corrected chi connectivity index (χ2v) is 5.58. The van der Waals surface area contributed by atoms with Gasteiger partial charge in [0.25, 0.3) is 0 Å². The normalized spacial score (nSPS) is 14.6. The van der Waals surface area contributed by atoms with E-state index in [0.717, 1.165) is 18.9 Å². The SMILES string of the molecule is CCN(CC)c1ncc(NC2CC2)c2cccc(C)c12. The number of aromatic nitrogens is 1. The fraction of sp³-hybridized carbons (Fsp3) is 0.471. The van der Waals surface area contributed by atoms with Crippen molar-refractivity contribution in [3.05, 3.63) is 30.0 Å². The van der Waals surface area contributed by atoms with E-state index in [2.05, 4.69) is 49.2 Å². The van der Waals surface area contributed by atoms with E-state index in [1.54, 1.807) is 0 Å². The summed E-state index contributed by atoms with van der Waals surface area (Å²) in [6, 6.07) is 7.18. The number of pyridine rings is 1. The Hall–Kier alpha value is -1.77. The van der Waals surface area contributed by atoms with Crippen molar-refractivity contribution in [2.24, 2.45) is 0 Å². The molecule has 0 aliphatic heterocycles. The molecule has 1 aliphatic carbocycles. The molecule has 1 aromatic carbocycles. The van der Waals surface area contributed by atoms with Crippen LogP contribution >= 0.6 is 0 Å². The van der Waals surface area contributed by atoms with Crippen molar-refractivity contribution < 1.29 is 0 Å². The van der Waals surface area contributed by atoms with Gasteiger partial charge in [0.15, 0.2) is 0 Å². The average molecular weight is 269 g/mol. The summed E-state index contributed by atoms with van der Waals surface area (Å²) in [6.07, 6.45) is 4.57. The third kappa shape index (κ3) is 2.33. The maximum Gasteiger partial charge on any atom is 0.136 e. The highest BCUT2D eigenvalue weighted by molar-refractivity contribution is 6.02. The first-order chi connectivity index (χ1) is 9.74. The average Bonchev–Trinajstić information content (AvgIpc) is 3.26. The lowest BCUT2D eigenvalue weighted by Gasteiger charge is -2.23. The van der Waals surface area contributed by atoms with E-state index in [0.29, 0.717) is 6.04 Å². The molecule has 0 saturated heterocycles. The Labute approximate surface area is 121 Å². The Morgan fingerprint density at radius 1 is 1.25 bits per heavy atom. The van der Waals surface area contributed by atoms with Crippen molar-refractivity contribution in [2.45, 2.75) is 39.7 Å². The molecule has 0 bridgehead atoms. The van der Waals surface area contributed by atoms with Crippen LogP contribution in [0.2, 0.25) is 0 Å². The Morgan fingerprint density at radius 2 is 2.00 bits per heavy atom. The maximum absolute atomic E-state index is 4.75. The van der Waals surface area contributed by atoms with Crippen LogP contribution in [0.25, 0.3) is 10.8 Å². The second kappa shape index (κ2) is 5.31. The molecule has 1 aliphatic rings. The van der Waals surface area contributed by atoms with Crippen LogP contribution in [0.3, 0.4) is 0 Å². The standard InChI is InChI=1S/C17H23N3/c1-4-20(5-2)17-16-12(3)7-6-8-14(16)15(11-18-17)19-13-9-10-13/h6-8,11,13,19H,4-5,9-10H2,1-3H3. The highest BCUT2D eigenvalue weighted by Gasteiger charge is 2.22. The number of hydrogen-bond donors (Lipinski definition) is 1. The molecular formula is C17H23N3. The number of nitrogens with zero attached hydrogens (tertiary/aromatic N) is 2. The molecule has 0 amide bonds. The molecule has 20 heavy (non-hydrogen) atoms. The van der Waals surface area contributed by atoms with Gasteiger partial charge in [0.2, 0.25) is 0 Å². The third-order valence-corrected chi connectivity index (χ3v) is 4.10. The monoisotopic (exact) mass is 269 g/mol. The molecule has 0 spiro atoms. The predicted octanol–water partition coefficient (Wildman–Crippen LogP) is 3.96. The van der Waals surface area contributed by atoms with E-state index in [9.17, 15) is 0 Å². The fourth-order valence-corrected chi connectivity index (χ4v) is 2.77. The van der Waals surface area contributed by atoms with Gasteiger partial charge >= 0.3 is 0 Å². The molecule has 1 heterocycles. The van der Waals surface area contributed by atoms with Crippen LogP contribution in [-0.2, 0) is 0 Å². The lowest BCUT2D eigenvalue weighted by Crippen LogP contribution is -2.23. The van der Waals surface area contributed by atoms with Gasteiger partial charge in [-0.1, -0.05) is 18.2 Å². The van der Waals surface area contributed by atoms with Crippen LogP contribution in [0.1, 0.15) is 32.3 Å². The Balaban J connectivity index is 2.16. The number of rotatable bonds is 5. The first kappa shape index (κ1) is 13.2. The molecule has 3 nitrogen and oxygen atoms in total. The molecule has 0 radical (unpaired) electrons. The van der Waals surface area contributed by atoms with Gasteiger partial charge in [0.05, 0.1) is 11.9 Å². The number of nitrogens with one attached hydrogen (secondary N) is 1. The molecule has 106 valence electrons. The summed E-state index contributed by atoms with van der Waals surface area (Å²) in [7, 11) is 0. The molecule has 0 atom stereocenters. The highest BCUT2D eigenvalue weighted by Crippen LogP contribution is 2.35. The van der Waals surface area contributed by atoms with Crippen LogP contribution in [0.15, 0.2) is 24.4 Å². The summed E-state index contributed by atoms with van der Waals surface area (Å²) < 4.78 is 0.